The number of carbonyl (C=O) groups excluding carboxylic acids is 1. The van der Waals surface area contributed by atoms with E-state index in [1.807, 2.05) is 0 Å². The number of phosphoric ester groups is 1. The second kappa shape index (κ2) is 10.4. The molecule has 1 unspecified atom stereocenters. The number of aliphatic hydroxyl groups excluding tert-OH is 7. The van der Waals surface area contributed by atoms with Crippen LogP contribution in [-0.4, -0.2) is 103 Å². The summed E-state index contributed by atoms with van der Waals surface area (Å²) in [6.45, 7) is -2.85. The molecule has 0 amide bonds. The van der Waals surface area contributed by atoms with Crippen molar-refractivity contribution in [1.29, 1.82) is 0 Å². The number of hydrogen-bond donors (Lipinski definition) is 8. The van der Waals surface area contributed by atoms with E-state index >= 15 is 0 Å². The highest BCUT2D eigenvalue weighted by Crippen LogP contribution is 2.45. The molecule has 23 heavy (non-hydrogen) atoms. The molecule has 0 saturated heterocycles. The largest absolute Gasteiger partial charge is 0.473 e. The Hall–Kier alpha value is -0.500. The molecule has 0 radical (unpaired) electrons. The van der Waals surface area contributed by atoms with E-state index in [4.69, 9.17) is 20.4 Å². The molecule has 0 heterocycles. The van der Waals surface area contributed by atoms with Gasteiger partial charge in [0.1, 0.15) is 30.5 Å². The first-order chi connectivity index (χ1) is 10.6. The average molecular weight is 364 g/mol. The first-order valence-electron chi connectivity index (χ1n) is 6.32. The summed E-state index contributed by atoms with van der Waals surface area (Å²) in [5.74, 6) is 0. The zero-order valence-electron chi connectivity index (χ0n) is 11.8. The number of rotatable bonds is 12. The van der Waals surface area contributed by atoms with E-state index in [1.54, 1.807) is 0 Å². The molecule has 0 bridgehead atoms. The molecule has 138 valence electrons. The van der Waals surface area contributed by atoms with E-state index < -0.39 is 64.3 Å². The molecule has 0 aromatic heterocycles. The van der Waals surface area contributed by atoms with Gasteiger partial charge in [-0.05, 0) is 0 Å². The van der Waals surface area contributed by atoms with Crippen molar-refractivity contribution < 1.29 is 59.0 Å². The van der Waals surface area contributed by atoms with Gasteiger partial charge in [-0.15, -0.1) is 0 Å². The Morgan fingerprint density at radius 1 is 0.913 bits per heavy atom. The molecule has 12 nitrogen and oxygen atoms in total. The summed E-state index contributed by atoms with van der Waals surface area (Å²) in [4.78, 5) is 20.0. The van der Waals surface area contributed by atoms with E-state index in [9.17, 15) is 29.6 Å². The van der Waals surface area contributed by atoms with Crippen LogP contribution in [0.15, 0.2) is 0 Å². The van der Waals surface area contributed by atoms with Crippen LogP contribution in [0.2, 0.25) is 0 Å². The molecule has 0 fully saturated rings. The third-order valence-corrected chi connectivity index (χ3v) is 3.68. The number of aliphatic hydroxyl groups is 7. The van der Waals surface area contributed by atoms with Gasteiger partial charge in [-0.2, -0.15) is 0 Å². The lowest BCUT2D eigenvalue weighted by atomic mass is 10.1. The molecular formula is C10H21O12P. The second-order valence-corrected chi connectivity index (χ2v) is 5.92. The van der Waals surface area contributed by atoms with E-state index in [0.717, 1.165) is 0 Å². The monoisotopic (exact) mass is 364 g/mol. The van der Waals surface area contributed by atoms with Gasteiger partial charge in [0.15, 0.2) is 12.4 Å². The van der Waals surface area contributed by atoms with Gasteiger partial charge in [0.25, 0.3) is 0 Å². The second-order valence-electron chi connectivity index (χ2n) is 4.52. The maximum atomic E-state index is 11.6. The van der Waals surface area contributed by atoms with Crippen LogP contribution in [0.3, 0.4) is 0 Å². The maximum absolute atomic E-state index is 11.6. The molecule has 0 aliphatic carbocycles. The Morgan fingerprint density at radius 2 is 1.39 bits per heavy atom. The van der Waals surface area contributed by atoms with Gasteiger partial charge < -0.3 is 45.4 Å². The molecule has 8 N–H and O–H groups in total. The van der Waals surface area contributed by atoms with Gasteiger partial charge in [0, 0.05) is 0 Å². The van der Waals surface area contributed by atoms with Gasteiger partial charge in [0.05, 0.1) is 19.8 Å². The minimum atomic E-state index is -5.00. The molecule has 0 aliphatic heterocycles. The zero-order valence-corrected chi connectivity index (χ0v) is 12.7. The number of aldehydes is 1. The van der Waals surface area contributed by atoms with Crippen LogP contribution in [0.25, 0.3) is 0 Å². The molecule has 0 spiro atoms. The van der Waals surface area contributed by atoms with Crippen molar-refractivity contribution in [3.63, 3.8) is 0 Å². The van der Waals surface area contributed by atoms with Crippen molar-refractivity contribution in [3.05, 3.63) is 0 Å². The van der Waals surface area contributed by atoms with Gasteiger partial charge >= 0.3 is 7.82 Å². The summed E-state index contributed by atoms with van der Waals surface area (Å²) in [7, 11) is -5.00. The average Bonchev–Trinajstić information content (AvgIpc) is 2.54. The van der Waals surface area contributed by atoms with Crippen molar-refractivity contribution in [2.45, 2.75) is 36.6 Å². The molecule has 0 aromatic carbocycles. The van der Waals surface area contributed by atoms with Crippen LogP contribution in [0.1, 0.15) is 0 Å². The molecule has 0 aromatic rings. The normalized spacial score (nSPS) is 22.4. The summed E-state index contributed by atoms with van der Waals surface area (Å²) in [6.07, 6.45) is -11.5. The van der Waals surface area contributed by atoms with Crippen molar-refractivity contribution >= 4 is 14.1 Å². The van der Waals surface area contributed by atoms with Crippen molar-refractivity contribution in [2.75, 3.05) is 19.8 Å². The van der Waals surface area contributed by atoms with Gasteiger partial charge in [-0.25, -0.2) is 4.57 Å². The first kappa shape index (κ1) is 22.5. The van der Waals surface area contributed by atoms with Crippen molar-refractivity contribution in [1.82, 2.24) is 0 Å². The molecule has 0 aliphatic rings. The van der Waals surface area contributed by atoms with Crippen LogP contribution >= 0.6 is 7.82 Å². The summed E-state index contributed by atoms with van der Waals surface area (Å²) >= 11 is 0. The zero-order chi connectivity index (χ0) is 18.2. The molecule has 0 saturated carbocycles. The highest BCUT2D eigenvalue weighted by atomic mass is 31.2. The highest BCUT2D eigenvalue weighted by Gasteiger charge is 2.35. The third-order valence-electron chi connectivity index (χ3n) is 2.69. The highest BCUT2D eigenvalue weighted by molar-refractivity contribution is 7.47. The van der Waals surface area contributed by atoms with Gasteiger partial charge in [0.2, 0.25) is 0 Å². The standard InChI is InChI=1S/C10H21O12P/c11-1-5(14)9(17)7(16)4-21-23(19,20)22-8(3-13)10(18)6(15)2-12/h3,5-12,14-18H,1-2,4H2,(H,19,20)/t5-,6-,7+,8+,9-,10-/m1/s1. The third kappa shape index (κ3) is 7.74. The topological polar surface area (TPSA) is 214 Å². The smallest absolute Gasteiger partial charge is 0.394 e. The Labute approximate surface area is 130 Å². The lowest BCUT2D eigenvalue weighted by Crippen LogP contribution is -2.42. The van der Waals surface area contributed by atoms with Crippen LogP contribution in [-0.2, 0) is 18.4 Å². The number of phosphoric acid groups is 1. The Kier molecular flexibility index (Phi) is 10.2. The predicted molar refractivity (Wildman–Crippen MR) is 70.9 cm³/mol. The fourth-order valence-electron chi connectivity index (χ4n) is 1.31. The minimum Gasteiger partial charge on any atom is -0.394 e. The minimum absolute atomic E-state index is 0.115. The number of hydrogen-bond acceptors (Lipinski definition) is 11. The fraction of sp³-hybridized carbons (Fsp3) is 0.900. The van der Waals surface area contributed by atoms with Crippen LogP contribution < -0.4 is 0 Å². The summed E-state index contributed by atoms with van der Waals surface area (Å²) < 4.78 is 20.1. The van der Waals surface area contributed by atoms with Crippen LogP contribution in [0.4, 0.5) is 0 Å². The lowest BCUT2D eigenvalue weighted by Gasteiger charge is -2.25. The summed E-state index contributed by atoms with van der Waals surface area (Å²) in [6, 6.07) is 0. The quantitative estimate of drug-likeness (QED) is 0.121. The van der Waals surface area contributed by atoms with E-state index in [-0.39, 0.29) is 6.29 Å². The van der Waals surface area contributed by atoms with Crippen molar-refractivity contribution in [3.8, 4) is 0 Å². The van der Waals surface area contributed by atoms with E-state index in [0.29, 0.717) is 0 Å². The predicted octanol–water partition coefficient (Wildman–Crippen LogP) is -4.52. The van der Waals surface area contributed by atoms with Crippen molar-refractivity contribution in [2.24, 2.45) is 0 Å². The van der Waals surface area contributed by atoms with E-state index in [1.165, 1.54) is 0 Å². The molecular weight excluding hydrogens is 343 g/mol. The van der Waals surface area contributed by atoms with Crippen LogP contribution in [0, 0.1) is 0 Å². The molecule has 0 rings (SSSR count). The van der Waals surface area contributed by atoms with Gasteiger partial charge in [-0.3, -0.25) is 9.05 Å². The summed E-state index contributed by atoms with van der Waals surface area (Å²) in [5, 5.41) is 63.5. The molecule has 13 heteroatoms. The van der Waals surface area contributed by atoms with Gasteiger partial charge in [-0.1, -0.05) is 0 Å². The van der Waals surface area contributed by atoms with E-state index in [2.05, 4.69) is 9.05 Å². The maximum Gasteiger partial charge on any atom is 0.473 e. The SMILES string of the molecule is O=C[C@H](OP(=O)(O)OC[C@H](O)[C@H](O)[C@H](O)CO)[C@H](O)[C@H](O)CO. The number of carbonyl (C=O) groups is 1. The first-order valence-corrected chi connectivity index (χ1v) is 7.82. The fourth-order valence-corrected chi connectivity index (χ4v) is 2.20. The Balaban J connectivity index is 4.63. The Bertz CT molecular complexity index is 392. The summed E-state index contributed by atoms with van der Waals surface area (Å²) in [5.41, 5.74) is 0. The Morgan fingerprint density at radius 3 is 1.83 bits per heavy atom. The van der Waals surface area contributed by atoms with Crippen LogP contribution in [0.5, 0.6) is 0 Å². The lowest BCUT2D eigenvalue weighted by molar-refractivity contribution is -0.128. The molecule has 7 atom stereocenters.